The summed E-state index contributed by atoms with van der Waals surface area (Å²) in [7, 11) is 0. The number of nitrogens with zero attached hydrogens (tertiary/aromatic N) is 1. The maximum atomic E-state index is 13.1. The van der Waals surface area contributed by atoms with Gasteiger partial charge in [0.25, 0.3) is 5.91 Å². The third-order valence-corrected chi connectivity index (χ3v) is 7.03. The molecule has 2 aliphatic rings. The van der Waals surface area contributed by atoms with Crippen molar-refractivity contribution >= 4 is 16.8 Å². The van der Waals surface area contributed by atoms with Crippen LogP contribution in [-0.2, 0) is 11.8 Å². The fraction of sp³-hybridized carbons (Fsp3) is 0.400. The van der Waals surface area contributed by atoms with Crippen molar-refractivity contribution in [2.75, 3.05) is 13.1 Å². The number of likely N-dealkylation sites (tertiary alicyclic amines) is 1. The van der Waals surface area contributed by atoms with E-state index in [1.165, 1.54) is 23.1 Å². The van der Waals surface area contributed by atoms with Crippen LogP contribution in [0.15, 0.2) is 48.7 Å². The molecule has 2 heterocycles. The first-order valence-electron chi connectivity index (χ1n) is 10.8. The van der Waals surface area contributed by atoms with Crippen LogP contribution >= 0.6 is 0 Å². The Balaban J connectivity index is 1.56. The van der Waals surface area contributed by atoms with E-state index in [2.05, 4.69) is 48.4 Å². The fourth-order valence-corrected chi connectivity index (χ4v) is 5.13. The molecule has 4 heteroatoms. The van der Waals surface area contributed by atoms with E-state index < -0.39 is 6.10 Å². The lowest BCUT2D eigenvalue weighted by Gasteiger charge is -2.43. The highest BCUT2D eigenvalue weighted by Gasteiger charge is 2.42. The summed E-state index contributed by atoms with van der Waals surface area (Å²) in [5, 5.41) is 11.0. The molecule has 1 saturated heterocycles. The number of para-hydroxylation sites is 1. The van der Waals surface area contributed by atoms with Crippen LogP contribution in [0.1, 0.15) is 59.7 Å². The number of aliphatic hydroxyl groups excluding tert-OH is 1. The highest BCUT2D eigenvalue weighted by Crippen LogP contribution is 2.51. The van der Waals surface area contributed by atoms with Crippen molar-refractivity contribution in [2.45, 2.75) is 50.5 Å². The van der Waals surface area contributed by atoms with Crippen LogP contribution in [0.3, 0.4) is 0 Å². The van der Waals surface area contributed by atoms with Crippen molar-refractivity contribution in [3.05, 3.63) is 70.9 Å². The number of carbonyl (C=O) groups is 1. The first-order valence-corrected chi connectivity index (χ1v) is 10.8. The molecule has 5 rings (SSSR count). The summed E-state index contributed by atoms with van der Waals surface area (Å²) < 4.78 is 0. The molecule has 1 aliphatic carbocycles. The Labute approximate surface area is 171 Å². The Hall–Kier alpha value is -2.59. The van der Waals surface area contributed by atoms with Crippen molar-refractivity contribution in [3.63, 3.8) is 0 Å². The number of aromatic nitrogens is 1. The summed E-state index contributed by atoms with van der Waals surface area (Å²) in [4.78, 5) is 18.3. The monoisotopic (exact) mass is 388 g/mol. The van der Waals surface area contributed by atoms with Crippen LogP contribution in [0, 0.1) is 0 Å². The SMILES string of the molecule is CCc1ccc(C2(c3c[nH]c4c(C(=O)N5CCC(O)C5)cccc34)CCC2)cc1. The van der Waals surface area contributed by atoms with Crippen LogP contribution < -0.4 is 0 Å². The average molecular weight is 389 g/mol. The molecule has 150 valence electrons. The van der Waals surface area contributed by atoms with Gasteiger partial charge in [-0.15, -0.1) is 0 Å². The van der Waals surface area contributed by atoms with Gasteiger partial charge in [0.1, 0.15) is 0 Å². The van der Waals surface area contributed by atoms with Crippen molar-refractivity contribution in [1.29, 1.82) is 0 Å². The predicted octanol–water partition coefficient (Wildman–Crippen LogP) is 4.41. The molecule has 2 fully saturated rings. The van der Waals surface area contributed by atoms with E-state index in [4.69, 9.17) is 0 Å². The lowest BCUT2D eigenvalue weighted by Crippen LogP contribution is -2.35. The molecule has 2 aromatic carbocycles. The first-order chi connectivity index (χ1) is 14.1. The Morgan fingerprint density at radius 2 is 2.00 bits per heavy atom. The van der Waals surface area contributed by atoms with Crippen molar-refractivity contribution in [2.24, 2.45) is 0 Å². The van der Waals surface area contributed by atoms with E-state index in [0.29, 0.717) is 25.1 Å². The van der Waals surface area contributed by atoms with Crippen LogP contribution in [0.25, 0.3) is 10.9 Å². The number of rotatable bonds is 4. The van der Waals surface area contributed by atoms with Gasteiger partial charge in [-0.3, -0.25) is 4.79 Å². The summed E-state index contributed by atoms with van der Waals surface area (Å²) in [5.41, 5.74) is 5.71. The van der Waals surface area contributed by atoms with Crippen molar-refractivity contribution in [3.8, 4) is 0 Å². The third-order valence-electron chi connectivity index (χ3n) is 7.03. The highest BCUT2D eigenvalue weighted by molar-refractivity contribution is 6.06. The minimum absolute atomic E-state index is 0.00973. The van der Waals surface area contributed by atoms with E-state index in [1.807, 2.05) is 12.1 Å². The number of β-amino-alcohol motifs (C(OH)–C–C–N with tert-alkyl or cyclic N) is 1. The smallest absolute Gasteiger partial charge is 0.256 e. The second-order valence-electron chi connectivity index (χ2n) is 8.61. The normalized spacial score (nSPS) is 20.8. The molecule has 1 saturated carbocycles. The van der Waals surface area contributed by atoms with Crippen molar-refractivity contribution in [1.82, 2.24) is 9.88 Å². The number of aryl methyl sites for hydroxylation is 1. The Morgan fingerprint density at radius 1 is 1.21 bits per heavy atom. The van der Waals surface area contributed by atoms with Gasteiger partial charge in [0.05, 0.1) is 17.2 Å². The molecule has 0 spiro atoms. The molecule has 1 aromatic heterocycles. The lowest BCUT2D eigenvalue weighted by molar-refractivity contribution is 0.0766. The average Bonchev–Trinajstić information content (AvgIpc) is 3.34. The minimum atomic E-state index is -0.401. The zero-order chi connectivity index (χ0) is 20.0. The van der Waals surface area contributed by atoms with Gasteiger partial charge in [0, 0.05) is 30.1 Å². The van der Waals surface area contributed by atoms with E-state index in [0.717, 1.165) is 30.2 Å². The van der Waals surface area contributed by atoms with E-state index in [1.54, 1.807) is 4.90 Å². The van der Waals surface area contributed by atoms with Gasteiger partial charge in [0.15, 0.2) is 0 Å². The molecule has 0 radical (unpaired) electrons. The molecule has 2 N–H and O–H groups in total. The second-order valence-corrected chi connectivity index (χ2v) is 8.61. The van der Waals surface area contributed by atoms with E-state index in [-0.39, 0.29) is 11.3 Å². The summed E-state index contributed by atoms with van der Waals surface area (Å²) in [5.74, 6) is 0.00973. The van der Waals surface area contributed by atoms with Crippen LogP contribution in [-0.4, -0.2) is 40.1 Å². The van der Waals surface area contributed by atoms with Gasteiger partial charge in [0.2, 0.25) is 0 Å². The predicted molar refractivity (Wildman–Crippen MR) is 115 cm³/mol. The Bertz CT molecular complexity index is 1050. The number of carbonyl (C=O) groups excluding carboxylic acids is 1. The third kappa shape index (κ3) is 2.89. The topological polar surface area (TPSA) is 56.3 Å². The van der Waals surface area contributed by atoms with Gasteiger partial charge < -0.3 is 15.0 Å². The zero-order valence-electron chi connectivity index (χ0n) is 16.9. The number of aliphatic hydroxyl groups is 1. The summed E-state index contributed by atoms with van der Waals surface area (Å²) in [6, 6.07) is 15.1. The maximum absolute atomic E-state index is 13.1. The second kappa shape index (κ2) is 7.03. The molecule has 1 unspecified atom stereocenters. The largest absolute Gasteiger partial charge is 0.391 e. The van der Waals surface area contributed by atoms with E-state index >= 15 is 0 Å². The first kappa shape index (κ1) is 18.4. The van der Waals surface area contributed by atoms with Crippen LogP contribution in [0.2, 0.25) is 0 Å². The molecule has 0 bridgehead atoms. The van der Waals surface area contributed by atoms with Crippen LogP contribution in [0.5, 0.6) is 0 Å². The van der Waals surface area contributed by atoms with Gasteiger partial charge >= 0.3 is 0 Å². The molecule has 4 nitrogen and oxygen atoms in total. The summed E-state index contributed by atoms with van der Waals surface area (Å²) in [6.45, 7) is 3.24. The molecular weight excluding hydrogens is 360 g/mol. The number of fused-ring (bicyclic) bond motifs is 1. The van der Waals surface area contributed by atoms with Crippen LogP contribution in [0.4, 0.5) is 0 Å². The molecule has 1 amide bonds. The summed E-state index contributed by atoms with van der Waals surface area (Å²) >= 11 is 0. The molecule has 3 aromatic rings. The number of H-pyrrole nitrogens is 1. The summed E-state index contributed by atoms with van der Waals surface area (Å²) in [6.07, 6.45) is 6.94. The number of hydrogen-bond acceptors (Lipinski definition) is 2. The van der Waals surface area contributed by atoms with Gasteiger partial charge in [-0.2, -0.15) is 0 Å². The van der Waals surface area contributed by atoms with E-state index in [9.17, 15) is 9.90 Å². The maximum Gasteiger partial charge on any atom is 0.256 e. The Kier molecular flexibility index (Phi) is 4.47. The lowest BCUT2D eigenvalue weighted by atomic mass is 9.60. The fourth-order valence-electron chi connectivity index (χ4n) is 5.13. The van der Waals surface area contributed by atoms with Gasteiger partial charge in [-0.05, 0) is 48.4 Å². The van der Waals surface area contributed by atoms with Gasteiger partial charge in [-0.25, -0.2) is 0 Å². The standard InChI is InChI=1S/C25H28N2O2/c1-2-17-7-9-18(10-8-17)25(12-4-13-25)22-15-26-23-20(22)5-3-6-21(23)24(29)27-14-11-19(28)16-27/h3,5-10,15,19,26,28H,2,4,11-14,16H2,1H3. The van der Waals surface area contributed by atoms with Crippen molar-refractivity contribution < 1.29 is 9.90 Å². The molecule has 1 atom stereocenters. The zero-order valence-corrected chi connectivity index (χ0v) is 16.9. The number of aromatic amines is 1. The molecular formula is C25H28N2O2. The number of benzene rings is 2. The number of nitrogens with one attached hydrogen (secondary N) is 1. The Morgan fingerprint density at radius 3 is 2.62 bits per heavy atom. The minimum Gasteiger partial charge on any atom is -0.391 e. The number of amides is 1. The highest BCUT2D eigenvalue weighted by atomic mass is 16.3. The molecule has 29 heavy (non-hydrogen) atoms. The van der Waals surface area contributed by atoms with Gasteiger partial charge in [-0.1, -0.05) is 49.7 Å². The molecule has 1 aliphatic heterocycles. The number of hydrogen-bond donors (Lipinski definition) is 2. The quantitative estimate of drug-likeness (QED) is 0.696.